The Morgan fingerprint density at radius 3 is 2.64 bits per heavy atom. The van der Waals surface area contributed by atoms with Gasteiger partial charge in [-0.2, -0.15) is 19.6 Å². The van der Waals surface area contributed by atoms with Crippen molar-refractivity contribution in [2.24, 2.45) is 5.92 Å². The molecule has 0 bridgehead atoms. The number of amidine groups is 1. The van der Waals surface area contributed by atoms with Gasteiger partial charge in [0.15, 0.2) is 5.65 Å². The van der Waals surface area contributed by atoms with Gasteiger partial charge in [0.2, 0.25) is 17.8 Å². The largest absolute Gasteiger partial charge is 0.381 e. The van der Waals surface area contributed by atoms with E-state index in [1.54, 1.807) is 4.52 Å². The number of carbonyl (C=O) groups is 1. The molecule has 224 valence electrons. The van der Waals surface area contributed by atoms with Crippen molar-refractivity contribution in [1.29, 1.82) is 5.41 Å². The molecule has 12 heteroatoms. The number of halogens is 1. The minimum absolute atomic E-state index is 0.131. The highest BCUT2D eigenvalue weighted by Gasteiger charge is 2.25. The Hall–Kier alpha value is -3.26. The van der Waals surface area contributed by atoms with E-state index in [4.69, 9.17) is 20.1 Å². The van der Waals surface area contributed by atoms with Gasteiger partial charge >= 0.3 is 0 Å². The van der Waals surface area contributed by atoms with E-state index in [9.17, 15) is 4.79 Å². The first-order chi connectivity index (χ1) is 20.3. The molecule has 1 aromatic carbocycles. The van der Waals surface area contributed by atoms with Gasteiger partial charge in [0.05, 0.1) is 11.9 Å². The fourth-order valence-corrected chi connectivity index (χ4v) is 6.21. The molecule has 0 unspecified atom stereocenters. The first-order valence-corrected chi connectivity index (χ1v) is 15.8. The number of aromatic nitrogens is 4. The molecule has 2 fully saturated rings. The highest BCUT2D eigenvalue weighted by molar-refractivity contribution is 14.1. The molecule has 3 heterocycles. The maximum atomic E-state index is 11.6. The molecule has 1 aliphatic carbocycles. The fraction of sp³-hybridized carbons (Fsp3) is 0.500. The summed E-state index contributed by atoms with van der Waals surface area (Å²) in [4.78, 5) is 21.3. The van der Waals surface area contributed by atoms with Crippen molar-refractivity contribution in [2.75, 3.05) is 29.2 Å². The lowest BCUT2D eigenvalue weighted by Gasteiger charge is -2.29. The number of anilines is 3. The molecule has 1 amide bonds. The molecule has 2 aromatic heterocycles. The van der Waals surface area contributed by atoms with E-state index in [1.165, 1.54) is 6.08 Å². The lowest BCUT2D eigenvalue weighted by atomic mass is 9.85. The zero-order chi connectivity index (χ0) is 29.6. The van der Waals surface area contributed by atoms with Crippen molar-refractivity contribution in [1.82, 2.24) is 24.9 Å². The topological polar surface area (TPSA) is 141 Å². The highest BCUT2D eigenvalue weighted by Crippen LogP contribution is 2.29. The minimum Gasteiger partial charge on any atom is -0.381 e. The van der Waals surface area contributed by atoms with Gasteiger partial charge < -0.3 is 26.0 Å². The van der Waals surface area contributed by atoms with Crippen LogP contribution in [0, 0.1) is 14.9 Å². The number of fused-ring (bicyclic) bond motifs is 1. The monoisotopic (exact) mass is 685 g/mol. The zero-order valence-electron chi connectivity index (χ0n) is 24.3. The number of hydrogen-bond acceptors (Lipinski definition) is 8. The minimum atomic E-state index is -0.131. The Labute approximate surface area is 260 Å². The van der Waals surface area contributed by atoms with Crippen LogP contribution in [-0.2, 0) is 16.1 Å². The Bertz CT molecular complexity index is 1430. The average Bonchev–Trinajstić information content (AvgIpc) is 3.43. The molecule has 0 atom stereocenters. The van der Waals surface area contributed by atoms with Crippen LogP contribution < -0.4 is 21.3 Å². The van der Waals surface area contributed by atoms with Crippen LogP contribution in [0.5, 0.6) is 0 Å². The van der Waals surface area contributed by atoms with Crippen LogP contribution in [0.4, 0.5) is 17.6 Å². The molecule has 3 aromatic rings. The van der Waals surface area contributed by atoms with Crippen molar-refractivity contribution in [3.8, 4) is 0 Å². The maximum absolute atomic E-state index is 11.6. The number of benzene rings is 1. The van der Waals surface area contributed by atoms with Gasteiger partial charge in [0.1, 0.15) is 5.84 Å². The van der Waals surface area contributed by atoms with E-state index in [0.29, 0.717) is 24.3 Å². The van der Waals surface area contributed by atoms with Gasteiger partial charge in [-0.05, 0) is 84.7 Å². The lowest BCUT2D eigenvalue weighted by Crippen LogP contribution is -2.38. The molecule has 1 saturated carbocycles. The van der Waals surface area contributed by atoms with Gasteiger partial charge in [-0.3, -0.25) is 10.2 Å². The van der Waals surface area contributed by atoms with Crippen LogP contribution in [-0.4, -0.2) is 56.6 Å². The molecule has 1 aliphatic heterocycles. The third kappa shape index (κ3) is 7.20. The molecule has 0 radical (unpaired) electrons. The lowest BCUT2D eigenvalue weighted by molar-refractivity contribution is -0.117. The molecule has 2 aliphatic rings. The highest BCUT2D eigenvalue weighted by atomic mass is 127. The van der Waals surface area contributed by atoms with Crippen LogP contribution in [0.1, 0.15) is 69.4 Å². The van der Waals surface area contributed by atoms with Gasteiger partial charge in [-0.1, -0.05) is 32.6 Å². The molecule has 42 heavy (non-hydrogen) atoms. The summed E-state index contributed by atoms with van der Waals surface area (Å²) < 4.78 is 8.34. The van der Waals surface area contributed by atoms with Gasteiger partial charge in [-0.25, -0.2) is 0 Å². The number of ether oxygens (including phenoxy) is 1. The summed E-state index contributed by atoms with van der Waals surface area (Å²) in [5.74, 6) is 2.03. The van der Waals surface area contributed by atoms with Crippen molar-refractivity contribution < 1.29 is 9.53 Å². The fourth-order valence-electron chi connectivity index (χ4n) is 5.53. The number of hydrogen-bond donors (Lipinski definition) is 5. The summed E-state index contributed by atoms with van der Waals surface area (Å²) in [7, 11) is 0. The second kappa shape index (κ2) is 13.8. The van der Waals surface area contributed by atoms with Crippen LogP contribution in [0.25, 0.3) is 5.65 Å². The standard InChI is InChI=1S/C30H40IN9O2/c1-4-25(41)35-21-10-8-19(9-11-21)27(32)37-24-7-5-6-20(26(24)31)16-33-30-39-29(36-22-12-14-42-15-13-22)38-28-23(18(2)3)17-34-40(28)30/h4-7,17-19,21-22H,1,8-16H2,2-3H3,(H2,32,37)(H,35,41)(H2,33,36,38,39)/t19-,21+. The smallest absolute Gasteiger partial charge is 0.243 e. The summed E-state index contributed by atoms with van der Waals surface area (Å²) in [6.45, 7) is 9.83. The number of amides is 1. The first kappa shape index (κ1) is 30.2. The summed E-state index contributed by atoms with van der Waals surface area (Å²) in [6.07, 6.45) is 8.48. The van der Waals surface area contributed by atoms with Crippen LogP contribution >= 0.6 is 22.6 Å². The van der Waals surface area contributed by atoms with Crippen molar-refractivity contribution in [3.05, 3.63) is 51.7 Å². The van der Waals surface area contributed by atoms with E-state index in [2.05, 4.69) is 75.4 Å². The van der Waals surface area contributed by atoms with Crippen molar-refractivity contribution >= 4 is 57.6 Å². The Morgan fingerprint density at radius 1 is 1.17 bits per heavy atom. The van der Waals surface area contributed by atoms with Gasteiger partial charge in [-0.15, -0.1) is 0 Å². The van der Waals surface area contributed by atoms with E-state index < -0.39 is 0 Å². The summed E-state index contributed by atoms with van der Waals surface area (Å²) >= 11 is 2.35. The summed E-state index contributed by atoms with van der Waals surface area (Å²) in [5, 5.41) is 26.7. The number of nitrogens with zero attached hydrogens (tertiary/aromatic N) is 4. The molecule has 5 rings (SSSR count). The first-order valence-electron chi connectivity index (χ1n) is 14.7. The molecule has 1 saturated heterocycles. The predicted molar refractivity (Wildman–Crippen MR) is 174 cm³/mol. The molecule has 11 nitrogen and oxygen atoms in total. The SMILES string of the molecule is C=CC(=O)N[C@H]1CC[C@@H](C(=N)Nc2cccc(CNc3nc(NC4CCOCC4)nc4c(C(C)C)cnn34)c2I)CC1. The molecular formula is C30H40IN9O2. The number of rotatable bonds is 10. The Morgan fingerprint density at radius 2 is 1.93 bits per heavy atom. The second-order valence-corrected chi connectivity index (χ2v) is 12.4. The molecule has 5 N–H and O–H groups in total. The average molecular weight is 686 g/mol. The molecular weight excluding hydrogens is 645 g/mol. The third-order valence-electron chi connectivity index (χ3n) is 8.02. The Kier molecular flexibility index (Phi) is 9.93. The summed E-state index contributed by atoms with van der Waals surface area (Å²) in [6, 6.07) is 6.53. The van der Waals surface area contributed by atoms with Crippen molar-refractivity contribution in [3.63, 3.8) is 0 Å². The van der Waals surface area contributed by atoms with E-state index in [-0.39, 0.29) is 29.8 Å². The maximum Gasteiger partial charge on any atom is 0.243 e. The van der Waals surface area contributed by atoms with Crippen molar-refractivity contribution in [2.45, 2.75) is 76.9 Å². The van der Waals surface area contributed by atoms with Crippen LogP contribution in [0.15, 0.2) is 37.1 Å². The molecule has 0 spiro atoms. The third-order valence-corrected chi connectivity index (χ3v) is 9.30. The number of nitrogens with one attached hydrogen (secondary N) is 5. The van der Waals surface area contributed by atoms with E-state index in [0.717, 1.165) is 77.8 Å². The second-order valence-electron chi connectivity index (χ2n) is 11.3. The summed E-state index contributed by atoms with van der Waals surface area (Å²) in [5.41, 5.74) is 3.88. The number of carbonyl (C=O) groups excluding carboxylic acids is 1. The van der Waals surface area contributed by atoms with Gasteiger partial charge in [0, 0.05) is 46.9 Å². The predicted octanol–water partition coefficient (Wildman–Crippen LogP) is 5.31. The normalized spacial score (nSPS) is 19.4. The quantitative estimate of drug-likeness (QED) is 0.0838. The zero-order valence-corrected chi connectivity index (χ0v) is 26.4. The van der Waals surface area contributed by atoms with E-state index in [1.807, 2.05) is 18.3 Å². The van der Waals surface area contributed by atoms with E-state index >= 15 is 0 Å². The van der Waals surface area contributed by atoms with Crippen LogP contribution in [0.3, 0.4) is 0 Å². The Balaban J connectivity index is 1.27. The van der Waals surface area contributed by atoms with Crippen LogP contribution in [0.2, 0.25) is 0 Å². The van der Waals surface area contributed by atoms with Gasteiger partial charge in [0.25, 0.3) is 0 Å².